The van der Waals surface area contributed by atoms with Gasteiger partial charge < -0.3 is 9.15 Å². The Morgan fingerprint density at radius 2 is 2.19 bits per heavy atom. The summed E-state index contributed by atoms with van der Waals surface area (Å²) in [6.07, 6.45) is 11.1. The van der Waals surface area contributed by atoms with Crippen LogP contribution >= 0.6 is 0 Å². The molecule has 0 amide bonds. The van der Waals surface area contributed by atoms with Crippen LogP contribution in [0.25, 0.3) is 12.2 Å². The van der Waals surface area contributed by atoms with E-state index < -0.39 is 0 Å². The smallest absolute Gasteiger partial charge is 0.240 e. The highest BCUT2D eigenvalue weighted by Crippen LogP contribution is 2.40. The predicted molar refractivity (Wildman–Crippen MR) is 96.1 cm³/mol. The third-order valence-electron chi connectivity index (χ3n) is 4.58. The first-order chi connectivity index (χ1) is 12.7. The van der Waals surface area contributed by atoms with Crippen molar-refractivity contribution in [1.29, 1.82) is 0 Å². The van der Waals surface area contributed by atoms with Crippen LogP contribution in [0, 0.1) is 6.92 Å². The molecule has 1 aliphatic heterocycles. The minimum Gasteiger partial charge on any atom is -0.421 e. The zero-order valence-electron chi connectivity index (χ0n) is 14.9. The lowest BCUT2D eigenvalue weighted by atomic mass is 9.91. The standard InChI is InChI=1S/C19H21N5O2/c1-13-5-3-9-20-16(13)7-8-17-22-23-19(26-17)15-6-4-10-25-18(15)14-11-21-24(2)12-14/h3,5,7-9,11-12,15,18H,4,6,10H2,1-2H3/t15-,18+/m1/s1. The molecule has 2 atom stereocenters. The molecule has 0 aliphatic carbocycles. The summed E-state index contributed by atoms with van der Waals surface area (Å²) in [5.74, 6) is 1.12. The van der Waals surface area contributed by atoms with Crippen LogP contribution in [0.2, 0.25) is 0 Å². The van der Waals surface area contributed by atoms with E-state index in [9.17, 15) is 0 Å². The minimum atomic E-state index is -0.104. The third kappa shape index (κ3) is 3.43. The molecule has 0 bridgehead atoms. The summed E-state index contributed by atoms with van der Waals surface area (Å²) in [7, 11) is 1.90. The number of pyridine rings is 1. The van der Waals surface area contributed by atoms with Gasteiger partial charge in [0.25, 0.3) is 0 Å². The van der Waals surface area contributed by atoms with Gasteiger partial charge in [-0.25, -0.2) is 0 Å². The largest absolute Gasteiger partial charge is 0.421 e. The number of aromatic nitrogens is 5. The summed E-state index contributed by atoms with van der Waals surface area (Å²) in [5, 5.41) is 12.7. The molecule has 7 nitrogen and oxygen atoms in total. The monoisotopic (exact) mass is 351 g/mol. The SMILES string of the molecule is Cc1cccnc1C=Cc1nnc([C@@H]2CCCO[C@H]2c2cnn(C)c2)o1. The fourth-order valence-corrected chi connectivity index (χ4v) is 3.24. The summed E-state index contributed by atoms with van der Waals surface area (Å²) in [6.45, 7) is 2.75. The molecule has 4 heterocycles. The molecule has 134 valence electrons. The van der Waals surface area contributed by atoms with E-state index in [1.165, 1.54) is 0 Å². The van der Waals surface area contributed by atoms with Crippen LogP contribution in [0.1, 0.15) is 53.5 Å². The Morgan fingerprint density at radius 1 is 1.27 bits per heavy atom. The van der Waals surface area contributed by atoms with Gasteiger partial charge in [-0.2, -0.15) is 5.10 Å². The van der Waals surface area contributed by atoms with Gasteiger partial charge in [-0.1, -0.05) is 6.07 Å². The molecule has 0 radical (unpaired) electrons. The van der Waals surface area contributed by atoms with Crippen LogP contribution in [0.15, 0.2) is 35.1 Å². The molecule has 1 aliphatic rings. The first kappa shape index (κ1) is 16.7. The molecule has 0 N–H and O–H groups in total. The maximum atomic E-state index is 5.99. The van der Waals surface area contributed by atoms with Gasteiger partial charge in [0.1, 0.15) is 0 Å². The van der Waals surface area contributed by atoms with Crippen molar-refractivity contribution in [2.45, 2.75) is 31.8 Å². The molecule has 3 aromatic rings. The first-order valence-corrected chi connectivity index (χ1v) is 8.74. The van der Waals surface area contributed by atoms with E-state index in [2.05, 4.69) is 20.3 Å². The molecular formula is C19H21N5O2. The first-order valence-electron chi connectivity index (χ1n) is 8.74. The molecule has 0 spiro atoms. The number of rotatable bonds is 4. The lowest BCUT2D eigenvalue weighted by molar-refractivity contribution is -0.00908. The Balaban J connectivity index is 1.55. The van der Waals surface area contributed by atoms with Gasteiger partial charge in [0.2, 0.25) is 11.8 Å². The van der Waals surface area contributed by atoms with Crippen LogP contribution in [-0.4, -0.2) is 31.6 Å². The molecule has 26 heavy (non-hydrogen) atoms. The fraction of sp³-hybridized carbons (Fsp3) is 0.368. The lowest BCUT2D eigenvalue weighted by Gasteiger charge is -2.28. The third-order valence-corrected chi connectivity index (χ3v) is 4.58. The predicted octanol–water partition coefficient (Wildman–Crippen LogP) is 3.31. The molecule has 0 aromatic carbocycles. The van der Waals surface area contributed by atoms with Crippen molar-refractivity contribution < 1.29 is 9.15 Å². The number of aryl methyl sites for hydroxylation is 2. The molecule has 1 fully saturated rings. The number of hydrogen-bond donors (Lipinski definition) is 0. The van der Waals surface area contributed by atoms with E-state index in [-0.39, 0.29) is 12.0 Å². The number of nitrogens with zero attached hydrogens (tertiary/aromatic N) is 5. The van der Waals surface area contributed by atoms with Crippen LogP contribution in [0.3, 0.4) is 0 Å². The summed E-state index contributed by atoms with van der Waals surface area (Å²) in [6, 6.07) is 3.93. The van der Waals surface area contributed by atoms with Gasteiger partial charge in [-0.3, -0.25) is 9.67 Å². The van der Waals surface area contributed by atoms with E-state index in [1.54, 1.807) is 17.0 Å². The number of ether oxygens (including phenoxy) is 1. The van der Waals surface area contributed by atoms with Crippen molar-refractivity contribution in [3.63, 3.8) is 0 Å². The van der Waals surface area contributed by atoms with Crippen LogP contribution in [0.5, 0.6) is 0 Å². The van der Waals surface area contributed by atoms with Crippen molar-refractivity contribution >= 4 is 12.2 Å². The number of hydrogen-bond acceptors (Lipinski definition) is 6. The zero-order chi connectivity index (χ0) is 17.9. The zero-order valence-corrected chi connectivity index (χ0v) is 14.9. The maximum absolute atomic E-state index is 5.99. The lowest BCUT2D eigenvalue weighted by Crippen LogP contribution is -2.21. The second kappa shape index (κ2) is 7.21. The van der Waals surface area contributed by atoms with E-state index in [1.807, 2.05) is 44.6 Å². The summed E-state index contributed by atoms with van der Waals surface area (Å²) < 4.78 is 13.7. The molecule has 4 rings (SSSR count). The molecule has 0 unspecified atom stereocenters. The topological polar surface area (TPSA) is 78.9 Å². The van der Waals surface area contributed by atoms with Gasteiger partial charge in [-0.05, 0) is 37.5 Å². The van der Waals surface area contributed by atoms with Gasteiger partial charge in [-0.15, -0.1) is 10.2 Å². The average Bonchev–Trinajstić information content (AvgIpc) is 3.30. The molecular weight excluding hydrogens is 330 g/mol. The Bertz CT molecular complexity index is 914. The van der Waals surface area contributed by atoms with E-state index in [0.29, 0.717) is 11.8 Å². The quantitative estimate of drug-likeness (QED) is 0.717. The minimum absolute atomic E-state index is 0.0409. The molecule has 1 saturated heterocycles. The second-order valence-electron chi connectivity index (χ2n) is 6.50. The van der Waals surface area contributed by atoms with Crippen molar-refractivity contribution in [3.8, 4) is 0 Å². The Kier molecular flexibility index (Phi) is 4.62. The highest BCUT2D eigenvalue weighted by atomic mass is 16.5. The Labute approximate surface area is 151 Å². The second-order valence-corrected chi connectivity index (χ2v) is 6.50. The van der Waals surface area contributed by atoms with E-state index in [4.69, 9.17) is 9.15 Å². The summed E-state index contributed by atoms with van der Waals surface area (Å²) in [4.78, 5) is 4.34. The average molecular weight is 351 g/mol. The normalized spacial score (nSPS) is 20.7. The Morgan fingerprint density at radius 3 is 3.00 bits per heavy atom. The van der Waals surface area contributed by atoms with Crippen molar-refractivity contribution in [2.24, 2.45) is 7.05 Å². The highest BCUT2D eigenvalue weighted by molar-refractivity contribution is 5.65. The van der Waals surface area contributed by atoms with Crippen molar-refractivity contribution in [1.82, 2.24) is 25.0 Å². The van der Waals surface area contributed by atoms with Crippen LogP contribution in [-0.2, 0) is 11.8 Å². The Hall–Kier alpha value is -2.80. The summed E-state index contributed by atoms with van der Waals surface area (Å²) in [5.41, 5.74) is 3.03. The van der Waals surface area contributed by atoms with E-state index in [0.717, 1.165) is 36.3 Å². The van der Waals surface area contributed by atoms with Crippen molar-refractivity contribution in [2.75, 3.05) is 6.61 Å². The van der Waals surface area contributed by atoms with Crippen LogP contribution < -0.4 is 0 Å². The van der Waals surface area contributed by atoms with Gasteiger partial charge >= 0.3 is 0 Å². The molecule has 7 heteroatoms. The van der Waals surface area contributed by atoms with E-state index >= 15 is 0 Å². The highest BCUT2D eigenvalue weighted by Gasteiger charge is 2.33. The van der Waals surface area contributed by atoms with Gasteiger partial charge in [0, 0.05) is 37.7 Å². The van der Waals surface area contributed by atoms with Crippen LogP contribution in [0.4, 0.5) is 0 Å². The molecule has 3 aromatic heterocycles. The molecule has 0 saturated carbocycles. The van der Waals surface area contributed by atoms with Crippen molar-refractivity contribution in [3.05, 3.63) is 59.3 Å². The maximum Gasteiger partial charge on any atom is 0.240 e. The van der Waals surface area contributed by atoms with Gasteiger partial charge in [0.15, 0.2) is 0 Å². The summed E-state index contributed by atoms with van der Waals surface area (Å²) >= 11 is 0. The fourth-order valence-electron chi connectivity index (χ4n) is 3.24. The van der Waals surface area contributed by atoms with Gasteiger partial charge in [0.05, 0.1) is 23.9 Å².